The van der Waals surface area contributed by atoms with E-state index in [2.05, 4.69) is 10.6 Å². The van der Waals surface area contributed by atoms with Crippen LogP contribution >= 0.6 is 0 Å². The van der Waals surface area contributed by atoms with Crippen LogP contribution in [0, 0.1) is 0 Å². The van der Waals surface area contributed by atoms with Crippen molar-refractivity contribution in [1.82, 2.24) is 10.6 Å². The van der Waals surface area contributed by atoms with Crippen LogP contribution in [0.5, 0.6) is 5.75 Å². The lowest BCUT2D eigenvalue weighted by Gasteiger charge is -2.11. The predicted molar refractivity (Wildman–Crippen MR) is 61.0 cm³/mol. The molecule has 86 valence electrons. The summed E-state index contributed by atoms with van der Waals surface area (Å²) in [6, 6.07) is 6.96. The molecule has 1 aliphatic rings. The molecule has 1 saturated heterocycles. The highest BCUT2D eigenvalue weighted by Gasteiger charge is 2.21. The maximum absolute atomic E-state index is 11.7. The van der Waals surface area contributed by atoms with Gasteiger partial charge in [-0.1, -0.05) is 18.2 Å². The van der Waals surface area contributed by atoms with Crippen LogP contribution in [0.15, 0.2) is 24.3 Å². The summed E-state index contributed by atoms with van der Waals surface area (Å²) < 4.78 is 0. The summed E-state index contributed by atoms with van der Waals surface area (Å²) in [6.07, 6.45) is 1.95. The normalized spacial score (nSPS) is 19.6. The Bertz CT molecular complexity index is 373. The molecule has 1 aliphatic heterocycles. The fraction of sp³-hybridized carbons (Fsp3) is 0.417. The summed E-state index contributed by atoms with van der Waals surface area (Å²) >= 11 is 0. The van der Waals surface area contributed by atoms with E-state index in [0.29, 0.717) is 6.54 Å². The van der Waals surface area contributed by atoms with Gasteiger partial charge in [0.1, 0.15) is 5.75 Å². The van der Waals surface area contributed by atoms with Crippen LogP contribution in [0.3, 0.4) is 0 Å². The maximum Gasteiger partial charge on any atom is 0.237 e. The van der Waals surface area contributed by atoms with E-state index in [9.17, 15) is 9.90 Å². The van der Waals surface area contributed by atoms with Crippen molar-refractivity contribution < 1.29 is 9.90 Å². The van der Waals surface area contributed by atoms with Gasteiger partial charge < -0.3 is 15.7 Å². The van der Waals surface area contributed by atoms with E-state index in [1.165, 1.54) is 0 Å². The first-order valence-electron chi connectivity index (χ1n) is 5.55. The second kappa shape index (κ2) is 4.99. The van der Waals surface area contributed by atoms with Crippen molar-refractivity contribution in [2.45, 2.75) is 25.4 Å². The van der Waals surface area contributed by atoms with E-state index in [1.807, 2.05) is 6.07 Å². The highest BCUT2D eigenvalue weighted by atomic mass is 16.3. The number of phenolic OH excluding ortho intramolecular Hbond substituents is 1. The molecule has 1 heterocycles. The number of hydrogen-bond donors (Lipinski definition) is 3. The van der Waals surface area contributed by atoms with Crippen molar-refractivity contribution in [1.29, 1.82) is 0 Å². The van der Waals surface area contributed by atoms with Crippen LogP contribution in [-0.4, -0.2) is 23.6 Å². The van der Waals surface area contributed by atoms with Gasteiger partial charge in [0.25, 0.3) is 0 Å². The zero-order valence-corrected chi connectivity index (χ0v) is 9.07. The summed E-state index contributed by atoms with van der Waals surface area (Å²) in [5.41, 5.74) is 0.744. The van der Waals surface area contributed by atoms with Gasteiger partial charge in [-0.2, -0.15) is 0 Å². The van der Waals surface area contributed by atoms with E-state index >= 15 is 0 Å². The number of carbonyl (C=O) groups is 1. The number of aromatic hydroxyl groups is 1. The number of amides is 1. The molecule has 3 N–H and O–H groups in total. The minimum absolute atomic E-state index is 0.0146. The molecule has 2 rings (SSSR count). The SMILES string of the molecule is O=C(NCc1ccccc1O)[C@@H]1CCCN1. The summed E-state index contributed by atoms with van der Waals surface area (Å²) in [5, 5.41) is 15.5. The number of rotatable bonds is 3. The quantitative estimate of drug-likeness (QED) is 0.704. The van der Waals surface area contributed by atoms with E-state index in [1.54, 1.807) is 18.2 Å². The molecule has 1 aromatic carbocycles. The van der Waals surface area contributed by atoms with E-state index in [4.69, 9.17) is 0 Å². The fourth-order valence-corrected chi connectivity index (χ4v) is 1.87. The van der Waals surface area contributed by atoms with Gasteiger partial charge >= 0.3 is 0 Å². The lowest BCUT2D eigenvalue weighted by molar-refractivity contribution is -0.122. The molecule has 0 radical (unpaired) electrons. The lowest BCUT2D eigenvalue weighted by Crippen LogP contribution is -2.39. The summed E-state index contributed by atoms with van der Waals surface area (Å²) in [6.45, 7) is 1.29. The smallest absolute Gasteiger partial charge is 0.237 e. The minimum atomic E-state index is -0.0640. The van der Waals surface area contributed by atoms with Crippen LogP contribution < -0.4 is 10.6 Å². The van der Waals surface area contributed by atoms with Gasteiger partial charge in [0.15, 0.2) is 0 Å². The second-order valence-corrected chi connectivity index (χ2v) is 4.00. The maximum atomic E-state index is 11.7. The van der Waals surface area contributed by atoms with Crippen molar-refractivity contribution in [2.24, 2.45) is 0 Å². The standard InChI is InChI=1S/C12H16N2O2/c15-11-6-2-1-4-9(11)8-14-12(16)10-5-3-7-13-10/h1-2,4,6,10,13,15H,3,5,7-8H2,(H,14,16)/t10-/m0/s1. The second-order valence-electron chi connectivity index (χ2n) is 4.00. The number of nitrogens with one attached hydrogen (secondary N) is 2. The molecule has 0 spiro atoms. The Morgan fingerprint density at radius 2 is 2.31 bits per heavy atom. The first-order valence-corrected chi connectivity index (χ1v) is 5.55. The van der Waals surface area contributed by atoms with Crippen molar-refractivity contribution in [3.05, 3.63) is 29.8 Å². The Morgan fingerprint density at radius 1 is 1.50 bits per heavy atom. The van der Waals surface area contributed by atoms with Gasteiger partial charge in [0.05, 0.1) is 6.04 Å². The first kappa shape index (κ1) is 11.0. The highest BCUT2D eigenvalue weighted by Crippen LogP contribution is 2.15. The Balaban J connectivity index is 1.87. The minimum Gasteiger partial charge on any atom is -0.508 e. The molecule has 0 bridgehead atoms. The predicted octanol–water partition coefficient (Wildman–Crippen LogP) is 0.760. The molecule has 1 amide bonds. The summed E-state index contributed by atoms with van der Waals surface area (Å²) in [5.74, 6) is 0.239. The lowest BCUT2D eigenvalue weighted by atomic mass is 10.2. The van der Waals surface area contributed by atoms with Gasteiger partial charge in [-0.25, -0.2) is 0 Å². The van der Waals surface area contributed by atoms with Gasteiger partial charge in [-0.05, 0) is 25.5 Å². The third-order valence-electron chi connectivity index (χ3n) is 2.82. The van der Waals surface area contributed by atoms with Gasteiger partial charge in [-0.15, -0.1) is 0 Å². The number of benzene rings is 1. The molecular weight excluding hydrogens is 204 g/mol. The Labute approximate surface area is 94.7 Å². The number of phenols is 1. The number of para-hydroxylation sites is 1. The molecule has 1 fully saturated rings. The Kier molecular flexibility index (Phi) is 3.41. The highest BCUT2D eigenvalue weighted by molar-refractivity contribution is 5.82. The van der Waals surface area contributed by atoms with Crippen molar-refractivity contribution >= 4 is 5.91 Å². The van der Waals surface area contributed by atoms with Crippen molar-refractivity contribution in [2.75, 3.05) is 6.54 Å². The molecule has 4 heteroatoms. The molecule has 0 unspecified atom stereocenters. The molecule has 0 saturated carbocycles. The van der Waals surface area contributed by atoms with Gasteiger partial charge in [0, 0.05) is 12.1 Å². The largest absolute Gasteiger partial charge is 0.508 e. The third kappa shape index (κ3) is 2.52. The van der Waals surface area contributed by atoms with Crippen LogP contribution in [0.25, 0.3) is 0 Å². The van der Waals surface area contributed by atoms with Gasteiger partial charge in [0.2, 0.25) is 5.91 Å². The monoisotopic (exact) mass is 220 g/mol. The zero-order valence-electron chi connectivity index (χ0n) is 9.07. The average Bonchev–Trinajstić information content (AvgIpc) is 2.81. The fourth-order valence-electron chi connectivity index (χ4n) is 1.87. The Hall–Kier alpha value is -1.55. The Morgan fingerprint density at radius 3 is 3.00 bits per heavy atom. The average molecular weight is 220 g/mol. The molecule has 4 nitrogen and oxygen atoms in total. The third-order valence-corrected chi connectivity index (χ3v) is 2.82. The van der Waals surface area contributed by atoms with Crippen molar-refractivity contribution in [3.8, 4) is 5.75 Å². The van der Waals surface area contributed by atoms with E-state index in [-0.39, 0.29) is 17.7 Å². The number of hydrogen-bond acceptors (Lipinski definition) is 3. The number of carbonyl (C=O) groups excluding carboxylic acids is 1. The molecule has 1 aromatic rings. The van der Waals surface area contributed by atoms with Crippen molar-refractivity contribution in [3.63, 3.8) is 0 Å². The summed E-state index contributed by atoms with van der Waals surface area (Å²) in [4.78, 5) is 11.7. The van der Waals surface area contributed by atoms with E-state index < -0.39 is 0 Å². The van der Waals surface area contributed by atoms with E-state index in [0.717, 1.165) is 24.9 Å². The topological polar surface area (TPSA) is 61.4 Å². The molecule has 16 heavy (non-hydrogen) atoms. The zero-order chi connectivity index (χ0) is 11.4. The molecular formula is C12H16N2O2. The van der Waals surface area contributed by atoms with Crippen LogP contribution in [-0.2, 0) is 11.3 Å². The summed E-state index contributed by atoms with van der Waals surface area (Å²) in [7, 11) is 0. The van der Waals surface area contributed by atoms with Crippen LogP contribution in [0.4, 0.5) is 0 Å². The first-order chi connectivity index (χ1) is 7.77. The molecule has 1 atom stereocenters. The van der Waals surface area contributed by atoms with Crippen LogP contribution in [0.1, 0.15) is 18.4 Å². The van der Waals surface area contributed by atoms with Gasteiger partial charge in [-0.3, -0.25) is 4.79 Å². The molecule has 0 aromatic heterocycles. The molecule has 0 aliphatic carbocycles. The van der Waals surface area contributed by atoms with Crippen LogP contribution in [0.2, 0.25) is 0 Å².